The molecule has 0 spiro atoms. The van der Waals surface area contributed by atoms with Crippen LogP contribution in [0.5, 0.6) is 5.75 Å². The van der Waals surface area contributed by atoms with E-state index in [2.05, 4.69) is 5.32 Å². The van der Waals surface area contributed by atoms with Crippen molar-refractivity contribution < 1.29 is 48.0 Å². The second-order valence-corrected chi connectivity index (χ2v) is 9.45. The number of carbonyl (C=O) groups is 3. The van der Waals surface area contributed by atoms with Gasteiger partial charge in [0.1, 0.15) is 22.8 Å². The number of primary amides is 1. The van der Waals surface area contributed by atoms with Gasteiger partial charge in [-0.3, -0.25) is 14.4 Å². The monoisotopic (exact) mass is 526 g/mol. The third-order valence-corrected chi connectivity index (χ3v) is 7.27. The number of fused-ring (bicyclic) bond motifs is 3. The van der Waals surface area contributed by atoms with Gasteiger partial charge in [0.2, 0.25) is 5.78 Å². The third kappa shape index (κ3) is 4.01. The highest BCUT2D eigenvalue weighted by Crippen LogP contribution is 2.52. The van der Waals surface area contributed by atoms with Gasteiger partial charge in [0.15, 0.2) is 11.4 Å². The highest BCUT2D eigenvalue weighted by molar-refractivity contribution is 6.24. The Hall–Kier alpha value is -3.62. The van der Waals surface area contributed by atoms with Crippen molar-refractivity contribution in [3.63, 3.8) is 0 Å². The molecule has 0 fully saturated rings. The summed E-state index contributed by atoms with van der Waals surface area (Å²) in [4.78, 5) is 38.3. The lowest BCUT2D eigenvalue weighted by atomic mass is 9.59. The number of anilines is 1. The van der Waals surface area contributed by atoms with Crippen molar-refractivity contribution >= 4 is 23.2 Å². The van der Waals surface area contributed by atoms with Crippen molar-refractivity contribution in [2.24, 2.45) is 23.3 Å². The molecule has 1 amide bonds. The van der Waals surface area contributed by atoms with Crippen molar-refractivity contribution in [1.29, 1.82) is 0 Å². The normalized spacial score (nSPS) is 27.6. The van der Waals surface area contributed by atoms with Crippen molar-refractivity contribution in [2.75, 3.05) is 12.3 Å². The lowest BCUT2D eigenvalue weighted by molar-refractivity contribution is -0.145. The number of alkyl halides is 3. The van der Waals surface area contributed by atoms with Crippen LogP contribution in [0.25, 0.3) is 0 Å². The van der Waals surface area contributed by atoms with Crippen molar-refractivity contribution in [1.82, 2.24) is 5.32 Å². The Labute approximate surface area is 207 Å². The Morgan fingerprint density at radius 2 is 1.86 bits per heavy atom. The molecule has 37 heavy (non-hydrogen) atoms. The molecule has 11 N–H and O–H groups in total. The molecule has 0 aromatic heterocycles. The van der Waals surface area contributed by atoms with Gasteiger partial charge in [-0.05, 0) is 30.4 Å². The largest absolute Gasteiger partial charge is 0.510 e. The molecule has 11 nitrogen and oxygen atoms in total. The van der Waals surface area contributed by atoms with E-state index in [1.54, 1.807) is 0 Å². The van der Waals surface area contributed by atoms with Crippen molar-refractivity contribution in [3.05, 3.63) is 45.4 Å². The summed E-state index contributed by atoms with van der Waals surface area (Å²) in [5.74, 6) is -8.42. The van der Waals surface area contributed by atoms with Gasteiger partial charge in [-0.1, -0.05) is 0 Å². The smallest absolute Gasteiger partial charge is 0.390 e. The number of phenols is 1. The van der Waals surface area contributed by atoms with Gasteiger partial charge in [0, 0.05) is 35.8 Å². The van der Waals surface area contributed by atoms with E-state index in [0.29, 0.717) is 0 Å². The van der Waals surface area contributed by atoms with Gasteiger partial charge in [-0.25, -0.2) is 0 Å². The molecule has 4 rings (SSSR count). The van der Waals surface area contributed by atoms with E-state index in [1.165, 1.54) is 6.07 Å². The van der Waals surface area contributed by atoms with E-state index in [9.17, 15) is 48.0 Å². The van der Waals surface area contributed by atoms with Crippen LogP contribution in [-0.4, -0.2) is 62.3 Å². The number of nitrogens with two attached hydrogens (primary N) is 3. The highest BCUT2D eigenvalue weighted by atomic mass is 19.4. The van der Waals surface area contributed by atoms with Crippen LogP contribution < -0.4 is 22.5 Å². The van der Waals surface area contributed by atoms with Crippen LogP contribution in [0.4, 0.5) is 18.9 Å². The minimum absolute atomic E-state index is 0.0253. The topological polar surface area (TPSA) is 222 Å². The van der Waals surface area contributed by atoms with Gasteiger partial charge in [-0.2, -0.15) is 13.2 Å². The number of aliphatic hydroxyl groups is 3. The summed E-state index contributed by atoms with van der Waals surface area (Å²) in [5, 5.41) is 46.0. The summed E-state index contributed by atoms with van der Waals surface area (Å²) in [6, 6.07) is -0.152. The minimum atomic E-state index is -4.39. The maximum Gasteiger partial charge on any atom is 0.390 e. The molecular formula is C23H25F3N4O7. The number of rotatable bonds is 5. The fraction of sp³-hybridized carbons (Fsp3) is 0.435. The number of amides is 1. The molecule has 3 aliphatic rings. The van der Waals surface area contributed by atoms with Gasteiger partial charge < -0.3 is 42.9 Å². The zero-order valence-electron chi connectivity index (χ0n) is 19.2. The van der Waals surface area contributed by atoms with E-state index in [-0.39, 0.29) is 41.8 Å². The molecule has 0 saturated heterocycles. The van der Waals surface area contributed by atoms with Crippen molar-refractivity contribution in [3.8, 4) is 5.75 Å². The van der Waals surface area contributed by atoms with Crippen LogP contribution in [0.1, 0.15) is 34.3 Å². The van der Waals surface area contributed by atoms with Crippen LogP contribution in [-0.2, 0) is 22.6 Å². The number of aliphatic hydroxyl groups excluding tert-OH is 2. The van der Waals surface area contributed by atoms with Gasteiger partial charge in [0.05, 0.1) is 18.0 Å². The molecule has 1 aromatic rings. The van der Waals surface area contributed by atoms with Gasteiger partial charge >= 0.3 is 6.18 Å². The maximum atomic E-state index is 13.5. The van der Waals surface area contributed by atoms with Crippen LogP contribution in [0.3, 0.4) is 0 Å². The summed E-state index contributed by atoms with van der Waals surface area (Å²) in [5.41, 5.74) is 13.0. The Morgan fingerprint density at radius 1 is 1.22 bits per heavy atom. The third-order valence-electron chi connectivity index (χ3n) is 7.27. The van der Waals surface area contributed by atoms with Crippen LogP contribution in [0.2, 0.25) is 0 Å². The van der Waals surface area contributed by atoms with Gasteiger partial charge in [0.25, 0.3) is 5.91 Å². The fourth-order valence-electron chi connectivity index (χ4n) is 5.46. The van der Waals surface area contributed by atoms with E-state index in [0.717, 1.165) is 0 Å². The number of hydrogen-bond acceptors (Lipinski definition) is 10. The lowest BCUT2D eigenvalue weighted by Crippen LogP contribution is -2.63. The number of benzene rings is 1. The van der Waals surface area contributed by atoms with E-state index >= 15 is 0 Å². The summed E-state index contributed by atoms with van der Waals surface area (Å²) in [6.45, 7) is -0.715. The first-order valence-corrected chi connectivity index (χ1v) is 11.3. The molecule has 0 heterocycles. The molecule has 0 aliphatic heterocycles. The summed E-state index contributed by atoms with van der Waals surface area (Å²) >= 11 is 0. The zero-order chi connectivity index (χ0) is 27.6. The molecule has 1 aromatic carbocycles. The highest BCUT2D eigenvalue weighted by Gasteiger charge is 2.62. The van der Waals surface area contributed by atoms with Crippen molar-refractivity contribution in [2.45, 2.75) is 43.6 Å². The summed E-state index contributed by atoms with van der Waals surface area (Å²) in [6.07, 6.45) is -5.71. The van der Waals surface area contributed by atoms with Crippen LogP contribution in [0.15, 0.2) is 28.7 Å². The number of nitrogens with one attached hydrogen (secondary N) is 1. The van der Waals surface area contributed by atoms with E-state index in [4.69, 9.17) is 17.2 Å². The standard InChI is InChI=1S/C23H25F3N4O7/c24-22(25,26)1-2-30-6-8-5-11(27)9-3-7-4-10-15(28)18(33)14(21(29)36)20(35)23(10,37)19(34)12(7)17(32)13(9)16(8)31/h5,7,10,15,30-31,33-34,37H,1-4,6,27-28H2,(H2,29,36)/t7?,10?,15-,23-/m0/s1. The van der Waals surface area contributed by atoms with Crippen LogP contribution in [0, 0.1) is 11.8 Å². The quantitative estimate of drug-likeness (QED) is 0.112. The average molecular weight is 526 g/mol. The Bertz CT molecular complexity index is 1290. The molecule has 0 radical (unpaired) electrons. The predicted molar refractivity (Wildman–Crippen MR) is 121 cm³/mol. The fourth-order valence-corrected chi connectivity index (χ4v) is 5.46. The number of allylic oxidation sites excluding steroid dienone is 1. The molecular weight excluding hydrogens is 501 g/mol. The van der Waals surface area contributed by atoms with E-state index < -0.39 is 88.5 Å². The number of carbonyl (C=O) groups excluding carboxylic acids is 3. The number of nitrogen functional groups attached to an aromatic ring is 1. The van der Waals surface area contributed by atoms with E-state index in [1.807, 2.05) is 0 Å². The molecule has 14 heteroatoms. The zero-order valence-corrected chi connectivity index (χ0v) is 19.2. The number of phenolic OH excluding ortho intramolecular Hbond substituents is 1. The number of Topliss-reactive ketones (excluding diaryl/α,β-unsaturated/α-hetero) is 2. The average Bonchev–Trinajstić information content (AvgIpc) is 2.79. The summed E-state index contributed by atoms with van der Waals surface area (Å²) in [7, 11) is 0. The molecule has 200 valence electrons. The SMILES string of the molecule is NC(=O)C1=C(O)[C@@H](N)C2CC3Cc4c(N)cc(CNCCC(F)(F)F)c(O)c4C(=O)C3=C(O)[C@]2(O)C1=O. The maximum absolute atomic E-state index is 13.5. The predicted octanol–water partition coefficient (Wildman–Crippen LogP) is 0.142. The lowest BCUT2D eigenvalue weighted by Gasteiger charge is -2.47. The first-order valence-electron chi connectivity index (χ1n) is 11.3. The molecule has 0 bridgehead atoms. The Balaban J connectivity index is 1.76. The second-order valence-electron chi connectivity index (χ2n) is 9.45. The summed E-state index contributed by atoms with van der Waals surface area (Å²) < 4.78 is 37.2. The van der Waals surface area contributed by atoms with Crippen LogP contribution >= 0.6 is 0 Å². The molecule has 4 atom stereocenters. The second kappa shape index (κ2) is 8.75. The number of aromatic hydroxyl groups is 1. The number of hydrogen-bond donors (Lipinski definition) is 8. The molecule has 0 saturated carbocycles. The first kappa shape index (κ1) is 26.4. The van der Waals surface area contributed by atoms with Gasteiger partial charge in [-0.15, -0.1) is 0 Å². The minimum Gasteiger partial charge on any atom is -0.510 e. The first-order chi connectivity index (χ1) is 17.1. The Morgan fingerprint density at radius 3 is 2.46 bits per heavy atom. The number of halogens is 3. The number of ketones is 2. The molecule has 3 aliphatic carbocycles. The Kier molecular flexibility index (Phi) is 6.25. The molecule has 2 unspecified atom stereocenters.